The number of nitrogens with one attached hydrogen (secondary N) is 2. The minimum Gasteiger partial charge on any atom is -0.480 e. The fourth-order valence-electron chi connectivity index (χ4n) is 4.06. The molecule has 27 heavy (non-hydrogen) atoms. The number of carboxylic acids is 1. The molecule has 0 spiro atoms. The summed E-state index contributed by atoms with van der Waals surface area (Å²) in [6.07, 6.45) is 5.50. The van der Waals surface area contributed by atoms with Gasteiger partial charge in [-0.25, -0.2) is 4.79 Å². The van der Waals surface area contributed by atoms with Crippen LogP contribution in [0, 0.1) is 5.92 Å². The molecule has 1 saturated heterocycles. The normalized spacial score (nSPS) is 27.6. The maximum atomic E-state index is 12.7. The monoisotopic (exact) mass is 380 g/mol. The average Bonchev–Trinajstić information content (AvgIpc) is 3.20. The van der Waals surface area contributed by atoms with Gasteiger partial charge in [0, 0.05) is 31.2 Å². The fraction of sp³-hybridized carbons (Fsp3) is 0.842. The first-order valence-electron chi connectivity index (χ1n) is 10.2. The molecular formula is C19H32N4O4. The highest BCUT2D eigenvalue weighted by Crippen LogP contribution is 2.34. The Balaban J connectivity index is 1.46. The Morgan fingerprint density at radius 1 is 1.19 bits per heavy atom. The summed E-state index contributed by atoms with van der Waals surface area (Å²) in [5, 5.41) is 15.1. The molecule has 3 fully saturated rings. The number of urea groups is 1. The lowest BCUT2D eigenvalue weighted by molar-refractivity contribution is -0.140. The van der Waals surface area contributed by atoms with Crippen LogP contribution in [0.1, 0.15) is 52.4 Å². The Labute approximate surface area is 160 Å². The summed E-state index contributed by atoms with van der Waals surface area (Å²) < 4.78 is 0. The third-order valence-corrected chi connectivity index (χ3v) is 5.73. The molecule has 3 N–H and O–H groups in total. The second-order valence-corrected chi connectivity index (χ2v) is 8.55. The van der Waals surface area contributed by atoms with Gasteiger partial charge < -0.3 is 20.6 Å². The molecule has 0 aromatic carbocycles. The Bertz CT molecular complexity index is 572. The van der Waals surface area contributed by atoms with E-state index in [9.17, 15) is 14.4 Å². The Hall–Kier alpha value is -1.83. The lowest BCUT2D eigenvalue weighted by atomic mass is 9.85. The van der Waals surface area contributed by atoms with Gasteiger partial charge in [0.25, 0.3) is 0 Å². The van der Waals surface area contributed by atoms with Crippen LogP contribution in [-0.4, -0.2) is 76.6 Å². The van der Waals surface area contributed by atoms with E-state index in [1.165, 1.54) is 12.8 Å². The molecule has 2 saturated carbocycles. The van der Waals surface area contributed by atoms with Gasteiger partial charge >= 0.3 is 12.0 Å². The molecule has 0 aromatic heterocycles. The van der Waals surface area contributed by atoms with Gasteiger partial charge in [-0.1, -0.05) is 0 Å². The molecule has 2 aliphatic carbocycles. The summed E-state index contributed by atoms with van der Waals surface area (Å²) in [6.45, 7) is 5.35. The highest BCUT2D eigenvalue weighted by atomic mass is 16.4. The molecule has 3 aliphatic rings. The number of aliphatic carboxylic acids is 1. The van der Waals surface area contributed by atoms with Gasteiger partial charge in [-0.05, 0) is 58.3 Å². The van der Waals surface area contributed by atoms with Crippen molar-refractivity contribution in [3.05, 3.63) is 0 Å². The second-order valence-electron chi connectivity index (χ2n) is 8.55. The number of hydrogen-bond acceptors (Lipinski definition) is 4. The van der Waals surface area contributed by atoms with E-state index in [0.717, 1.165) is 25.8 Å². The predicted octanol–water partition coefficient (Wildman–Crippen LogP) is 1.01. The lowest BCUT2D eigenvalue weighted by Crippen LogP contribution is -2.58. The summed E-state index contributed by atoms with van der Waals surface area (Å²) in [5.74, 6) is -0.229. The molecular weight excluding hydrogens is 348 g/mol. The lowest BCUT2D eigenvalue weighted by Gasteiger charge is -2.43. The van der Waals surface area contributed by atoms with E-state index in [1.807, 2.05) is 13.8 Å². The van der Waals surface area contributed by atoms with Crippen molar-refractivity contribution in [2.24, 2.45) is 5.92 Å². The number of carboxylic acid groups (broad SMARTS) is 1. The minimum absolute atomic E-state index is 0.0425. The molecule has 3 amide bonds. The van der Waals surface area contributed by atoms with Crippen LogP contribution in [0.2, 0.25) is 0 Å². The van der Waals surface area contributed by atoms with Crippen molar-refractivity contribution >= 4 is 17.9 Å². The van der Waals surface area contributed by atoms with E-state index >= 15 is 0 Å². The molecule has 8 heteroatoms. The molecule has 8 nitrogen and oxygen atoms in total. The summed E-state index contributed by atoms with van der Waals surface area (Å²) in [4.78, 5) is 39.7. The van der Waals surface area contributed by atoms with Crippen molar-refractivity contribution in [2.45, 2.75) is 76.5 Å². The van der Waals surface area contributed by atoms with Crippen molar-refractivity contribution in [2.75, 3.05) is 19.6 Å². The largest absolute Gasteiger partial charge is 0.480 e. The Morgan fingerprint density at radius 3 is 2.48 bits per heavy atom. The first kappa shape index (κ1) is 19.9. The fourth-order valence-corrected chi connectivity index (χ4v) is 4.06. The van der Waals surface area contributed by atoms with Gasteiger partial charge in [-0.3, -0.25) is 14.5 Å². The second kappa shape index (κ2) is 8.46. The highest BCUT2D eigenvalue weighted by molar-refractivity contribution is 5.88. The van der Waals surface area contributed by atoms with Crippen LogP contribution >= 0.6 is 0 Å². The molecule has 0 aromatic rings. The minimum atomic E-state index is -0.791. The molecule has 1 heterocycles. The van der Waals surface area contributed by atoms with Crippen molar-refractivity contribution in [3.8, 4) is 0 Å². The van der Waals surface area contributed by atoms with Crippen molar-refractivity contribution in [3.63, 3.8) is 0 Å². The van der Waals surface area contributed by atoms with E-state index < -0.39 is 12.0 Å². The van der Waals surface area contributed by atoms with Crippen molar-refractivity contribution in [1.82, 2.24) is 20.4 Å². The van der Waals surface area contributed by atoms with Crippen LogP contribution in [-0.2, 0) is 9.59 Å². The van der Waals surface area contributed by atoms with Crippen LogP contribution in [0.25, 0.3) is 0 Å². The quantitative estimate of drug-likeness (QED) is 0.583. The first-order chi connectivity index (χ1) is 12.8. The average molecular weight is 380 g/mol. The SMILES string of the molecule is CC(C)NC(=O)N1CCC[C@H]1C(=O)NC1CC(N(CC(=O)O)CC2CC2)C1. The molecule has 152 valence electrons. The maximum Gasteiger partial charge on any atom is 0.318 e. The van der Waals surface area contributed by atoms with Crippen LogP contribution in [0.5, 0.6) is 0 Å². The van der Waals surface area contributed by atoms with Gasteiger partial charge in [-0.2, -0.15) is 0 Å². The highest BCUT2D eigenvalue weighted by Gasteiger charge is 2.40. The third-order valence-electron chi connectivity index (χ3n) is 5.73. The number of carbonyl (C=O) groups is 3. The number of amides is 3. The first-order valence-corrected chi connectivity index (χ1v) is 10.2. The molecule has 3 rings (SSSR count). The zero-order valence-electron chi connectivity index (χ0n) is 16.3. The van der Waals surface area contributed by atoms with Crippen LogP contribution in [0.3, 0.4) is 0 Å². The standard InChI is InChI=1S/C19H32N4O4/c1-12(2)20-19(27)23-7-3-4-16(23)18(26)21-14-8-15(9-14)22(11-17(24)25)10-13-5-6-13/h12-16H,3-11H2,1-2H3,(H,20,27)(H,21,26)(H,24,25)/t14?,15?,16-/m0/s1. The molecule has 1 atom stereocenters. The van der Waals surface area contributed by atoms with Crippen LogP contribution in [0.4, 0.5) is 4.79 Å². The topological polar surface area (TPSA) is 102 Å². The summed E-state index contributed by atoms with van der Waals surface area (Å²) in [7, 11) is 0. The summed E-state index contributed by atoms with van der Waals surface area (Å²) >= 11 is 0. The van der Waals surface area contributed by atoms with Gasteiger partial charge in [0.2, 0.25) is 5.91 Å². The molecule has 0 radical (unpaired) electrons. The number of carbonyl (C=O) groups excluding carboxylic acids is 2. The third kappa shape index (κ3) is 5.34. The van der Waals surface area contributed by atoms with E-state index in [-0.39, 0.29) is 36.6 Å². The number of likely N-dealkylation sites (tertiary alicyclic amines) is 1. The van der Waals surface area contributed by atoms with Crippen molar-refractivity contribution in [1.29, 1.82) is 0 Å². The summed E-state index contributed by atoms with van der Waals surface area (Å²) in [5.41, 5.74) is 0. The predicted molar refractivity (Wildman–Crippen MR) is 100 cm³/mol. The van der Waals surface area contributed by atoms with Gasteiger partial charge in [0.15, 0.2) is 0 Å². The van der Waals surface area contributed by atoms with E-state index in [2.05, 4.69) is 15.5 Å². The maximum absolute atomic E-state index is 12.7. The molecule has 0 bridgehead atoms. The smallest absolute Gasteiger partial charge is 0.318 e. The van der Waals surface area contributed by atoms with E-state index in [1.54, 1.807) is 4.90 Å². The van der Waals surface area contributed by atoms with Gasteiger partial charge in [0.1, 0.15) is 6.04 Å². The van der Waals surface area contributed by atoms with E-state index in [0.29, 0.717) is 18.9 Å². The van der Waals surface area contributed by atoms with Crippen molar-refractivity contribution < 1.29 is 19.5 Å². The van der Waals surface area contributed by atoms with Crippen LogP contribution < -0.4 is 10.6 Å². The van der Waals surface area contributed by atoms with E-state index in [4.69, 9.17) is 5.11 Å². The zero-order valence-corrected chi connectivity index (χ0v) is 16.3. The summed E-state index contributed by atoms with van der Waals surface area (Å²) in [6, 6.07) is -0.221. The van der Waals surface area contributed by atoms with Gasteiger partial charge in [0.05, 0.1) is 6.54 Å². The molecule has 0 unspecified atom stereocenters. The Morgan fingerprint density at radius 2 is 1.89 bits per heavy atom. The number of nitrogens with zero attached hydrogens (tertiary/aromatic N) is 2. The Kier molecular flexibility index (Phi) is 6.24. The van der Waals surface area contributed by atoms with Crippen LogP contribution in [0.15, 0.2) is 0 Å². The van der Waals surface area contributed by atoms with Gasteiger partial charge in [-0.15, -0.1) is 0 Å². The number of rotatable bonds is 8. The number of hydrogen-bond donors (Lipinski definition) is 3. The zero-order chi connectivity index (χ0) is 19.6. The molecule has 1 aliphatic heterocycles.